The molecule has 0 saturated carbocycles. The third-order valence-electron chi connectivity index (χ3n) is 2.48. The smallest absolute Gasteiger partial charge is 0.141 e. The van der Waals surface area contributed by atoms with E-state index < -0.39 is 0 Å². The molecule has 0 amide bonds. The Morgan fingerprint density at radius 3 is 3.06 bits per heavy atom. The number of H-pyrrole nitrogens is 1. The van der Waals surface area contributed by atoms with E-state index in [0.717, 1.165) is 0 Å². The minimum atomic E-state index is -0.369. The van der Waals surface area contributed by atoms with Gasteiger partial charge in [-0.2, -0.15) is 5.10 Å². The normalized spacial score (nSPS) is 12.6. The van der Waals surface area contributed by atoms with Crippen molar-refractivity contribution in [2.45, 2.75) is 19.5 Å². The van der Waals surface area contributed by atoms with Gasteiger partial charge >= 0.3 is 0 Å². The number of phenolic OH excluding ortho intramolecular Hbond substituents is 1. The van der Waals surface area contributed by atoms with Gasteiger partial charge in [-0.25, -0.2) is 9.37 Å². The molecule has 2 rings (SSSR count). The predicted molar refractivity (Wildman–Crippen MR) is 59.7 cm³/mol. The number of nitrogens with zero attached hydrogens (tertiary/aromatic N) is 2. The second kappa shape index (κ2) is 4.92. The Kier molecular flexibility index (Phi) is 3.34. The Morgan fingerprint density at radius 1 is 1.53 bits per heavy atom. The Bertz CT molecular complexity index is 486. The maximum absolute atomic E-state index is 13.0. The summed E-state index contributed by atoms with van der Waals surface area (Å²) in [6, 6.07) is 3.81. The van der Waals surface area contributed by atoms with Crippen LogP contribution in [0.1, 0.15) is 24.4 Å². The molecule has 5 nitrogen and oxygen atoms in total. The summed E-state index contributed by atoms with van der Waals surface area (Å²) >= 11 is 0. The zero-order chi connectivity index (χ0) is 12.3. The van der Waals surface area contributed by atoms with Crippen molar-refractivity contribution in [2.24, 2.45) is 0 Å². The second-order valence-corrected chi connectivity index (χ2v) is 3.75. The highest BCUT2D eigenvalue weighted by Gasteiger charge is 2.09. The van der Waals surface area contributed by atoms with Gasteiger partial charge in [-0.3, -0.25) is 5.10 Å². The van der Waals surface area contributed by atoms with Crippen LogP contribution in [0.15, 0.2) is 24.5 Å². The first-order chi connectivity index (χ1) is 8.16. The summed E-state index contributed by atoms with van der Waals surface area (Å²) in [5, 5.41) is 19.1. The number of aromatic hydroxyl groups is 1. The van der Waals surface area contributed by atoms with E-state index in [1.54, 1.807) is 0 Å². The van der Waals surface area contributed by atoms with Gasteiger partial charge < -0.3 is 10.4 Å². The van der Waals surface area contributed by atoms with Crippen LogP contribution in [0, 0.1) is 5.82 Å². The fourth-order valence-corrected chi connectivity index (χ4v) is 1.48. The van der Waals surface area contributed by atoms with Gasteiger partial charge in [0.05, 0.1) is 6.04 Å². The molecule has 90 valence electrons. The molecule has 0 spiro atoms. The zero-order valence-corrected chi connectivity index (χ0v) is 9.31. The second-order valence-electron chi connectivity index (χ2n) is 3.75. The molecule has 0 radical (unpaired) electrons. The van der Waals surface area contributed by atoms with Gasteiger partial charge in [0.2, 0.25) is 0 Å². The summed E-state index contributed by atoms with van der Waals surface area (Å²) in [7, 11) is 0. The summed E-state index contributed by atoms with van der Waals surface area (Å²) < 4.78 is 13.0. The van der Waals surface area contributed by atoms with Crippen LogP contribution in [-0.4, -0.2) is 20.3 Å². The standard InChI is InChI=1S/C11H13FN4O/c1-7(11-14-6-15-16-11)13-5-8-4-9(12)2-3-10(8)17/h2-4,6-7,13,17H,5H2,1H3,(H,14,15,16). The topological polar surface area (TPSA) is 73.8 Å². The predicted octanol–water partition coefficient (Wildman–Crippen LogP) is 1.50. The number of aromatic amines is 1. The van der Waals surface area contributed by atoms with Crippen LogP contribution in [0.3, 0.4) is 0 Å². The molecule has 6 heteroatoms. The molecule has 2 aromatic rings. The number of rotatable bonds is 4. The Balaban J connectivity index is 2.00. The van der Waals surface area contributed by atoms with Crippen molar-refractivity contribution in [3.63, 3.8) is 0 Å². The van der Waals surface area contributed by atoms with E-state index in [4.69, 9.17) is 0 Å². The molecule has 0 bridgehead atoms. The number of aromatic nitrogens is 3. The highest BCUT2D eigenvalue weighted by molar-refractivity contribution is 5.32. The summed E-state index contributed by atoms with van der Waals surface area (Å²) in [6.07, 6.45) is 1.42. The average molecular weight is 236 g/mol. The summed E-state index contributed by atoms with van der Waals surface area (Å²) in [5.41, 5.74) is 0.511. The Hall–Kier alpha value is -1.95. The first kappa shape index (κ1) is 11.5. The first-order valence-electron chi connectivity index (χ1n) is 5.23. The maximum atomic E-state index is 13.0. The lowest BCUT2D eigenvalue weighted by Gasteiger charge is -2.11. The summed E-state index contributed by atoms with van der Waals surface area (Å²) in [5.74, 6) is 0.400. The van der Waals surface area contributed by atoms with Crippen LogP contribution in [0.25, 0.3) is 0 Å². The van der Waals surface area contributed by atoms with Gasteiger partial charge in [0.1, 0.15) is 23.7 Å². The minimum Gasteiger partial charge on any atom is -0.508 e. The summed E-state index contributed by atoms with van der Waals surface area (Å²) in [6.45, 7) is 2.25. The molecular weight excluding hydrogens is 223 g/mol. The van der Waals surface area contributed by atoms with Gasteiger partial charge in [-0.05, 0) is 25.1 Å². The molecular formula is C11H13FN4O. The van der Waals surface area contributed by atoms with Crippen molar-refractivity contribution in [1.29, 1.82) is 0 Å². The van der Waals surface area contributed by atoms with Crippen molar-refractivity contribution < 1.29 is 9.50 Å². The van der Waals surface area contributed by atoms with Gasteiger partial charge in [0.15, 0.2) is 0 Å². The van der Waals surface area contributed by atoms with Gasteiger partial charge in [-0.1, -0.05) is 0 Å². The largest absolute Gasteiger partial charge is 0.508 e. The van der Waals surface area contributed by atoms with Crippen LogP contribution in [0.2, 0.25) is 0 Å². The van der Waals surface area contributed by atoms with E-state index in [9.17, 15) is 9.50 Å². The molecule has 0 aliphatic heterocycles. The van der Waals surface area contributed by atoms with E-state index in [1.165, 1.54) is 24.5 Å². The number of phenols is 1. The third kappa shape index (κ3) is 2.79. The molecule has 0 aliphatic carbocycles. The van der Waals surface area contributed by atoms with Crippen LogP contribution < -0.4 is 5.32 Å². The molecule has 1 heterocycles. The van der Waals surface area contributed by atoms with E-state index >= 15 is 0 Å². The monoisotopic (exact) mass is 236 g/mol. The van der Waals surface area contributed by atoms with E-state index in [-0.39, 0.29) is 17.6 Å². The highest BCUT2D eigenvalue weighted by atomic mass is 19.1. The molecule has 1 atom stereocenters. The fraction of sp³-hybridized carbons (Fsp3) is 0.273. The van der Waals surface area contributed by atoms with Crippen molar-refractivity contribution >= 4 is 0 Å². The minimum absolute atomic E-state index is 0.0554. The van der Waals surface area contributed by atoms with E-state index in [1.807, 2.05) is 6.92 Å². The maximum Gasteiger partial charge on any atom is 0.141 e. The average Bonchev–Trinajstić information content (AvgIpc) is 2.83. The van der Waals surface area contributed by atoms with Crippen molar-refractivity contribution in [3.8, 4) is 5.75 Å². The number of benzene rings is 1. The Labute approximate surface area is 97.7 Å². The zero-order valence-electron chi connectivity index (χ0n) is 9.31. The van der Waals surface area contributed by atoms with Gasteiger partial charge in [0.25, 0.3) is 0 Å². The molecule has 1 aromatic carbocycles. The van der Waals surface area contributed by atoms with E-state index in [2.05, 4.69) is 20.5 Å². The molecule has 3 N–H and O–H groups in total. The third-order valence-corrected chi connectivity index (χ3v) is 2.48. The lowest BCUT2D eigenvalue weighted by Crippen LogP contribution is -2.19. The highest BCUT2D eigenvalue weighted by Crippen LogP contribution is 2.18. The lowest BCUT2D eigenvalue weighted by molar-refractivity contribution is 0.455. The van der Waals surface area contributed by atoms with E-state index in [0.29, 0.717) is 17.9 Å². The number of hydrogen-bond acceptors (Lipinski definition) is 4. The molecule has 1 aromatic heterocycles. The number of halogens is 1. The number of hydrogen-bond donors (Lipinski definition) is 3. The Morgan fingerprint density at radius 2 is 2.35 bits per heavy atom. The molecule has 0 saturated heterocycles. The quantitative estimate of drug-likeness (QED) is 0.752. The fourth-order valence-electron chi connectivity index (χ4n) is 1.48. The van der Waals surface area contributed by atoms with Gasteiger partial charge in [0, 0.05) is 12.1 Å². The van der Waals surface area contributed by atoms with Crippen molar-refractivity contribution in [2.75, 3.05) is 0 Å². The lowest BCUT2D eigenvalue weighted by atomic mass is 10.2. The molecule has 17 heavy (non-hydrogen) atoms. The number of nitrogens with one attached hydrogen (secondary N) is 2. The first-order valence-corrected chi connectivity index (χ1v) is 5.23. The van der Waals surface area contributed by atoms with Crippen molar-refractivity contribution in [3.05, 3.63) is 41.7 Å². The van der Waals surface area contributed by atoms with Crippen LogP contribution in [0.4, 0.5) is 4.39 Å². The SMILES string of the molecule is CC(NCc1cc(F)ccc1O)c1ncn[nH]1. The van der Waals surface area contributed by atoms with Gasteiger partial charge in [-0.15, -0.1) is 0 Å². The molecule has 1 unspecified atom stereocenters. The molecule has 0 aliphatic rings. The van der Waals surface area contributed by atoms with Crippen LogP contribution in [-0.2, 0) is 6.54 Å². The molecule has 0 fully saturated rings. The summed E-state index contributed by atoms with van der Waals surface area (Å²) in [4.78, 5) is 4.00. The van der Waals surface area contributed by atoms with Crippen molar-refractivity contribution in [1.82, 2.24) is 20.5 Å². The van der Waals surface area contributed by atoms with Crippen LogP contribution >= 0.6 is 0 Å². The van der Waals surface area contributed by atoms with Crippen LogP contribution in [0.5, 0.6) is 5.75 Å².